The SMILES string of the molecule is CCCNc1ncnc(N(C)C2CCN(CC)CC2)c1C. The maximum Gasteiger partial charge on any atom is 0.137 e. The predicted octanol–water partition coefficient (Wildman–Crippen LogP) is 2.53. The Morgan fingerprint density at radius 2 is 2.00 bits per heavy atom. The number of nitrogens with zero attached hydrogens (tertiary/aromatic N) is 4. The van der Waals surface area contributed by atoms with Crippen LogP contribution in [-0.4, -0.2) is 54.1 Å². The molecule has 0 bridgehead atoms. The minimum Gasteiger partial charge on any atom is -0.370 e. The van der Waals surface area contributed by atoms with Crippen LogP contribution in [0.2, 0.25) is 0 Å². The molecule has 2 heterocycles. The molecule has 1 N–H and O–H groups in total. The summed E-state index contributed by atoms with van der Waals surface area (Å²) in [6.45, 7) is 11.0. The van der Waals surface area contributed by atoms with Crippen molar-refractivity contribution < 1.29 is 0 Å². The first-order valence-electron chi connectivity index (χ1n) is 8.18. The molecule has 0 atom stereocenters. The van der Waals surface area contributed by atoms with Crippen LogP contribution in [0.1, 0.15) is 38.7 Å². The van der Waals surface area contributed by atoms with Crippen molar-refractivity contribution in [2.45, 2.75) is 46.1 Å². The zero-order chi connectivity index (χ0) is 15.2. The Balaban J connectivity index is 2.07. The third-order valence-electron chi connectivity index (χ3n) is 4.49. The van der Waals surface area contributed by atoms with Crippen LogP contribution in [0.25, 0.3) is 0 Å². The molecule has 0 radical (unpaired) electrons. The van der Waals surface area contributed by atoms with Gasteiger partial charge in [-0.1, -0.05) is 13.8 Å². The van der Waals surface area contributed by atoms with E-state index in [1.165, 1.54) is 25.9 Å². The van der Waals surface area contributed by atoms with Gasteiger partial charge >= 0.3 is 0 Å². The maximum atomic E-state index is 4.52. The molecule has 0 saturated carbocycles. The van der Waals surface area contributed by atoms with E-state index in [4.69, 9.17) is 0 Å². The summed E-state index contributed by atoms with van der Waals surface area (Å²) in [5.41, 5.74) is 1.16. The molecule has 1 aromatic rings. The number of aromatic nitrogens is 2. The van der Waals surface area contributed by atoms with Crippen molar-refractivity contribution in [3.05, 3.63) is 11.9 Å². The van der Waals surface area contributed by atoms with Crippen molar-refractivity contribution in [3.8, 4) is 0 Å². The van der Waals surface area contributed by atoms with Gasteiger partial charge in [0.15, 0.2) is 0 Å². The fourth-order valence-electron chi connectivity index (χ4n) is 3.01. The molecule has 5 nitrogen and oxygen atoms in total. The topological polar surface area (TPSA) is 44.3 Å². The van der Waals surface area contributed by atoms with Crippen LogP contribution in [0, 0.1) is 6.92 Å². The minimum absolute atomic E-state index is 0.584. The summed E-state index contributed by atoms with van der Waals surface area (Å²) >= 11 is 0. The average molecular weight is 291 g/mol. The molecule has 5 heteroatoms. The lowest BCUT2D eigenvalue weighted by Crippen LogP contribution is -2.43. The van der Waals surface area contributed by atoms with Crippen molar-refractivity contribution in [3.63, 3.8) is 0 Å². The van der Waals surface area contributed by atoms with Gasteiger partial charge in [-0.15, -0.1) is 0 Å². The van der Waals surface area contributed by atoms with E-state index in [9.17, 15) is 0 Å². The van der Waals surface area contributed by atoms with E-state index < -0.39 is 0 Å². The summed E-state index contributed by atoms with van der Waals surface area (Å²) in [6.07, 6.45) is 5.21. The molecule has 0 aliphatic carbocycles. The highest BCUT2D eigenvalue weighted by atomic mass is 15.2. The van der Waals surface area contributed by atoms with Crippen LogP contribution in [0.5, 0.6) is 0 Å². The first-order valence-corrected chi connectivity index (χ1v) is 8.18. The van der Waals surface area contributed by atoms with Crippen LogP contribution in [0.3, 0.4) is 0 Å². The average Bonchev–Trinajstić information content (AvgIpc) is 2.53. The van der Waals surface area contributed by atoms with Gasteiger partial charge in [0, 0.05) is 38.3 Å². The van der Waals surface area contributed by atoms with E-state index in [-0.39, 0.29) is 0 Å². The number of piperidine rings is 1. The van der Waals surface area contributed by atoms with Gasteiger partial charge in [-0.05, 0) is 32.7 Å². The fourth-order valence-corrected chi connectivity index (χ4v) is 3.01. The molecule has 0 unspecified atom stereocenters. The molecule has 0 spiro atoms. The lowest BCUT2D eigenvalue weighted by Gasteiger charge is -2.37. The Kier molecular flexibility index (Phi) is 5.79. The summed E-state index contributed by atoms with van der Waals surface area (Å²) in [5, 5.41) is 3.39. The summed E-state index contributed by atoms with van der Waals surface area (Å²) in [5.74, 6) is 2.04. The van der Waals surface area contributed by atoms with Gasteiger partial charge in [-0.2, -0.15) is 0 Å². The molecular formula is C16H29N5. The van der Waals surface area contributed by atoms with Crippen molar-refractivity contribution >= 4 is 11.6 Å². The standard InChI is InChI=1S/C16H29N5/c1-5-9-17-15-13(3)16(19-12-18-15)20(4)14-7-10-21(6-2)11-8-14/h12,14H,5-11H2,1-4H3,(H,17,18,19). The van der Waals surface area contributed by atoms with E-state index in [0.717, 1.165) is 36.7 Å². The Morgan fingerprint density at radius 3 is 2.62 bits per heavy atom. The molecule has 118 valence electrons. The van der Waals surface area contributed by atoms with E-state index in [1.807, 2.05) is 0 Å². The van der Waals surface area contributed by atoms with E-state index in [2.05, 4.69) is 52.9 Å². The smallest absolute Gasteiger partial charge is 0.137 e. The van der Waals surface area contributed by atoms with Gasteiger partial charge in [-0.3, -0.25) is 0 Å². The lowest BCUT2D eigenvalue weighted by molar-refractivity contribution is 0.220. The monoisotopic (exact) mass is 291 g/mol. The number of hydrogen-bond donors (Lipinski definition) is 1. The largest absolute Gasteiger partial charge is 0.370 e. The van der Waals surface area contributed by atoms with Gasteiger partial charge < -0.3 is 15.1 Å². The molecule has 2 rings (SSSR count). The highest BCUT2D eigenvalue weighted by Crippen LogP contribution is 2.26. The lowest BCUT2D eigenvalue weighted by atomic mass is 10.0. The number of anilines is 2. The molecule has 0 aromatic carbocycles. The highest BCUT2D eigenvalue weighted by molar-refractivity contribution is 5.58. The van der Waals surface area contributed by atoms with Crippen molar-refractivity contribution in [2.75, 3.05) is 43.4 Å². The van der Waals surface area contributed by atoms with Gasteiger partial charge in [0.2, 0.25) is 0 Å². The van der Waals surface area contributed by atoms with Crippen molar-refractivity contribution in [1.29, 1.82) is 0 Å². The van der Waals surface area contributed by atoms with Crippen LogP contribution >= 0.6 is 0 Å². The maximum absolute atomic E-state index is 4.52. The molecule has 0 amide bonds. The van der Waals surface area contributed by atoms with Crippen LogP contribution < -0.4 is 10.2 Å². The second-order valence-corrected chi connectivity index (χ2v) is 5.87. The second kappa shape index (κ2) is 7.59. The first-order chi connectivity index (χ1) is 10.2. The third-order valence-corrected chi connectivity index (χ3v) is 4.49. The van der Waals surface area contributed by atoms with E-state index in [0.29, 0.717) is 6.04 Å². The molecule has 1 aromatic heterocycles. The van der Waals surface area contributed by atoms with E-state index >= 15 is 0 Å². The summed E-state index contributed by atoms with van der Waals surface area (Å²) < 4.78 is 0. The van der Waals surface area contributed by atoms with Crippen molar-refractivity contribution in [2.24, 2.45) is 0 Å². The Morgan fingerprint density at radius 1 is 1.29 bits per heavy atom. The first kappa shape index (κ1) is 16.0. The van der Waals surface area contributed by atoms with Crippen LogP contribution in [0.15, 0.2) is 6.33 Å². The van der Waals surface area contributed by atoms with Crippen LogP contribution in [-0.2, 0) is 0 Å². The quantitative estimate of drug-likeness (QED) is 0.872. The second-order valence-electron chi connectivity index (χ2n) is 5.87. The van der Waals surface area contributed by atoms with Gasteiger partial charge in [0.1, 0.15) is 18.0 Å². The Bertz CT molecular complexity index is 440. The third kappa shape index (κ3) is 3.84. The summed E-state index contributed by atoms with van der Waals surface area (Å²) in [4.78, 5) is 13.8. The predicted molar refractivity (Wildman–Crippen MR) is 89.1 cm³/mol. The summed E-state index contributed by atoms with van der Waals surface area (Å²) in [6, 6.07) is 0.584. The number of rotatable bonds is 6. The number of likely N-dealkylation sites (tertiary alicyclic amines) is 1. The molecule has 1 fully saturated rings. The molecule has 21 heavy (non-hydrogen) atoms. The molecule has 1 aliphatic heterocycles. The summed E-state index contributed by atoms with van der Waals surface area (Å²) in [7, 11) is 2.17. The normalized spacial score (nSPS) is 17.0. The molecule has 1 aliphatic rings. The van der Waals surface area contributed by atoms with Gasteiger partial charge in [0.25, 0.3) is 0 Å². The van der Waals surface area contributed by atoms with E-state index in [1.54, 1.807) is 6.33 Å². The zero-order valence-electron chi connectivity index (χ0n) is 13.9. The van der Waals surface area contributed by atoms with Gasteiger partial charge in [0.05, 0.1) is 0 Å². The van der Waals surface area contributed by atoms with Gasteiger partial charge in [-0.25, -0.2) is 9.97 Å². The Hall–Kier alpha value is -1.36. The van der Waals surface area contributed by atoms with Crippen LogP contribution in [0.4, 0.5) is 11.6 Å². The highest BCUT2D eigenvalue weighted by Gasteiger charge is 2.24. The minimum atomic E-state index is 0.584. The molecular weight excluding hydrogens is 262 g/mol. The Labute approximate surface area is 128 Å². The number of hydrogen-bond acceptors (Lipinski definition) is 5. The number of nitrogens with one attached hydrogen (secondary N) is 1. The fraction of sp³-hybridized carbons (Fsp3) is 0.750. The molecule has 1 saturated heterocycles. The van der Waals surface area contributed by atoms with Crippen molar-refractivity contribution in [1.82, 2.24) is 14.9 Å². The zero-order valence-corrected chi connectivity index (χ0v) is 13.9.